The molecule has 8 heteroatoms. The molecule has 1 N–H and O–H groups in total. The molecule has 7 nitrogen and oxygen atoms in total. The number of hydrogen-bond donors (Lipinski definition) is 1. The Morgan fingerprint density at radius 2 is 2.11 bits per heavy atom. The molecule has 1 aromatic heterocycles. The minimum Gasteiger partial charge on any atom is -0.360 e. The summed E-state index contributed by atoms with van der Waals surface area (Å²) in [6, 6.07) is 7.94. The summed E-state index contributed by atoms with van der Waals surface area (Å²) in [4.78, 5) is 12.7. The molecular weight excluding hydrogens is 366 g/mol. The molecule has 1 fully saturated rings. The van der Waals surface area contributed by atoms with Crippen molar-refractivity contribution >= 4 is 15.9 Å². The number of sulfonamides is 1. The number of carbonyl (C=O) groups is 1. The van der Waals surface area contributed by atoms with Gasteiger partial charge in [-0.25, -0.2) is 8.42 Å². The highest BCUT2D eigenvalue weighted by atomic mass is 32.2. The van der Waals surface area contributed by atoms with Crippen molar-refractivity contribution in [3.63, 3.8) is 0 Å². The van der Waals surface area contributed by atoms with E-state index in [1.54, 1.807) is 13.8 Å². The average Bonchev–Trinajstić information content (AvgIpc) is 2.99. The lowest BCUT2D eigenvalue weighted by atomic mass is 9.98. The molecule has 1 aliphatic rings. The van der Waals surface area contributed by atoms with E-state index in [-0.39, 0.29) is 29.0 Å². The van der Waals surface area contributed by atoms with Crippen LogP contribution in [-0.4, -0.2) is 36.9 Å². The van der Waals surface area contributed by atoms with E-state index in [1.807, 2.05) is 31.2 Å². The maximum Gasteiger partial charge on any atom is 0.248 e. The molecule has 1 aromatic carbocycles. The van der Waals surface area contributed by atoms with E-state index in [0.717, 1.165) is 11.1 Å². The van der Waals surface area contributed by atoms with Gasteiger partial charge in [-0.2, -0.15) is 4.31 Å². The van der Waals surface area contributed by atoms with Gasteiger partial charge in [-0.3, -0.25) is 4.79 Å². The lowest BCUT2D eigenvalue weighted by Gasteiger charge is -2.31. The third kappa shape index (κ3) is 4.22. The van der Waals surface area contributed by atoms with E-state index < -0.39 is 10.0 Å². The second kappa shape index (κ2) is 7.82. The number of carbonyl (C=O) groups excluding carboxylic acids is 1. The molecule has 146 valence electrons. The Morgan fingerprint density at radius 3 is 2.78 bits per heavy atom. The largest absolute Gasteiger partial charge is 0.360 e. The zero-order chi connectivity index (χ0) is 19.6. The van der Waals surface area contributed by atoms with Gasteiger partial charge in [0, 0.05) is 19.6 Å². The fraction of sp³-hybridized carbons (Fsp3) is 0.474. The van der Waals surface area contributed by atoms with Gasteiger partial charge in [-0.1, -0.05) is 35.0 Å². The normalized spacial score (nSPS) is 18.4. The third-order valence-electron chi connectivity index (χ3n) is 4.87. The lowest BCUT2D eigenvalue weighted by molar-refractivity contribution is -0.126. The van der Waals surface area contributed by atoms with Crippen LogP contribution in [0.15, 0.2) is 33.7 Å². The number of hydrogen-bond acceptors (Lipinski definition) is 5. The summed E-state index contributed by atoms with van der Waals surface area (Å²) in [7, 11) is -3.72. The molecule has 3 rings (SSSR count). The number of nitrogens with one attached hydrogen (secondary N) is 1. The van der Waals surface area contributed by atoms with Crippen LogP contribution in [0.3, 0.4) is 0 Å². The first-order valence-electron chi connectivity index (χ1n) is 9.05. The topological polar surface area (TPSA) is 92.5 Å². The Bertz CT molecular complexity index is 917. The van der Waals surface area contributed by atoms with Crippen molar-refractivity contribution < 1.29 is 17.7 Å². The standard InChI is InChI=1S/C19H25N3O4S/c1-13-6-4-7-16(10-13)11-20-19(23)17-8-5-9-22(12-17)27(24,25)18-14(2)21-26-15(18)3/h4,6-7,10,17H,5,8-9,11-12H2,1-3H3,(H,20,23). The summed E-state index contributed by atoms with van der Waals surface area (Å²) < 4.78 is 32.3. The number of rotatable bonds is 5. The number of benzene rings is 1. The molecule has 1 saturated heterocycles. The summed E-state index contributed by atoms with van der Waals surface area (Å²) in [5.41, 5.74) is 2.51. The highest BCUT2D eigenvalue weighted by Crippen LogP contribution is 2.27. The SMILES string of the molecule is Cc1cccc(CNC(=O)C2CCCN(S(=O)(=O)c3c(C)noc3C)C2)c1. The smallest absolute Gasteiger partial charge is 0.248 e. The van der Waals surface area contributed by atoms with Gasteiger partial charge < -0.3 is 9.84 Å². The monoisotopic (exact) mass is 391 g/mol. The predicted molar refractivity (Wildman–Crippen MR) is 100 cm³/mol. The Hall–Kier alpha value is -2.19. The molecule has 1 amide bonds. The second-order valence-electron chi connectivity index (χ2n) is 7.06. The molecule has 1 atom stereocenters. The second-order valence-corrected chi connectivity index (χ2v) is 8.94. The Kier molecular flexibility index (Phi) is 5.67. The van der Waals surface area contributed by atoms with Crippen molar-refractivity contribution in [1.82, 2.24) is 14.8 Å². The molecule has 1 aliphatic heterocycles. The van der Waals surface area contributed by atoms with Crippen LogP contribution in [0.5, 0.6) is 0 Å². The van der Waals surface area contributed by atoms with Gasteiger partial charge in [0.25, 0.3) is 0 Å². The van der Waals surface area contributed by atoms with Crippen LogP contribution in [0.2, 0.25) is 0 Å². The Balaban J connectivity index is 1.67. The molecule has 2 heterocycles. The van der Waals surface area contributed by atoms with Gasteiger partial charge in [0.15, 0.2) is 5.76 Å². The number of nitrogens with zero attached hydrogens (tertiary/aromatic N) is 2. The summed E-state index contributed by atoms with van der Waals surface area (Å²) >= 11 is 0. The van der Waals surface area contributed by atoms with Crippen molar-refractivity contribution in [2.45, 2.75) is 45.1 Å². The first-order chi connectivity index (χ1) is 12.8. The van der Waals surface area contributed by atoms with E-state index in [1.165, 1.54) is 4.31 Å². The van der Waals surface area contributed by atoms with Gasteiger partial charge in [0.05, 0.1) is 5.92 Å². The van der Waals surface area contributed by atoms with Crippen molar-refractivity contribution in [3.8, 4) is 0 Å². The Morgan fingerprint density at radius 1 is 1.33 bits per heavy atom. The van der Waals surface area contributed by atoms with Crippen molar-refractivity contribution in [2.24, 2.45) is 5.92 Å². The first-order valence-corrected chi connectivity index (χ1v) is 10.5. The number of aryl methyl sites for hydroxylation is 3. The van der Waals surface area contributed by atoms with Crippen LogP contribution in [-0.2, 0) is 21.4 Å². The van der Waals surface area contributed by atoms with Gasteiger partial charge in [0.1, 0.15) is 10.6 Å². The number of piperidine rings is 1. The highest BCUT2D eigenvalue weighted by molar-refractivity contribution is 7.89. The number of aromatic nitrogens is 1. The predicted octanol–water partition coefficient (Wildman–Crippen LogP) is 2.32. The van der Waals surface area contributed by atoms with Crippen molar-refractivity contribution in [3.05, 3.63) is 46.8 Å². The van der Waals surface area contributed by atoms with Gasteiger partial charge in [-0.05, 0) is 39.2 Å². The lowest BCUT2D eigenvalue weighted by Crippen LogP contribution is -2.45. The molecule has 0 bridgehead atoms. The zero-order valence-corrected chi connectivity index (χ0v) is 16.7. The molecule has 0 radical (unpaired) electrons. The van der Waals surface area contributed by atoms with Crippen LogP contribution in [0, 0.1) is 26.7 Å². The van der Waals surface area contributed by atoms with Crippen LogP contribution in [0.1, 0.15) is 35.4 Å². The molecule has 2 aromatic rings. The minimum atomic E-state index is -3.72. The van der Waals surface area contributed by atoms with E-state index in [2.05, 4.69) is 10.5 Å². The summed E-state index contributed by atoms with van der Waals surface area (Å²) in [5, 5.41) is 6.68. The molecular formula is C19H25N3O4S. The Labute approximate surface area is 159 Å². The zero-order valence-electron chi connectivity index (χ0n) is 15.9. The van der Waals surface area contributed by atoms with Crippen LogP contribution < -0.4 is 5.32 Å². The first kappa shape index (κ1) is 19.6. The quantitative estimate of drug-likeness (QED) is 0.844. The minimum absolute atomic E-state index is 0.114. The van der Waals surface area contributed by atoms with Gasteiger partial charge in [-0.15, -0.1) is 0 Å². The van der Waals surface area contributed by atoms with E-state index >= 15 is 0 Å². The van der Waals surface area contributed by atoms with Crippen LogP contribution in [0.4, 0.5) is 0 Å². The fourth-order valence-electron chi connectivity index (χ4n) is 3.50. The third-order valence-corrected chi connectivity index (χ3v) is 6.98. The maximum atomic E-state index is 13.0. The average molecular weight is 391 g/mol. The van der Waals surface area contributed by atoms with Gasteiger partial charge >= 0.3 is 0 Å². The summed E-state index contributed by atoms with van der Waals surface area (Å²) in [5.74, 6) is -0.201. The summed E-state index contributed by atoms with van der Waals surface area (Å²) in [6.45, 7) is 6.21. The van der Waals surface area contributed by atoms with Gasteiger partial charge in [0.2, 0.25) is 15.9 Å². The molecule has 0 spiro atoms. The fourth-order valence-corrected chi connectivity index (χ4v) is 5.32. The van der Waals surface area contributed by atoms with Crippen LogP contribution in [0.25, 0.3) is 0 Å². The highest BCUT2D eigenvalue weighted by Gasteiger charge is 2.36. The maximum absolute atomic E-state index is 13.0. The van der Waals surface area contributed by atoms with E-state index in [4.69, 9.17) is 4.52 Å². The van der Waals surface area contributed by atoms with E-state index in [9.17, 15) is 13.2 Å². The molecule has 27 heavy (non-hydrogen) atoms. The van der Waals surface area contributed by atoms with Crippen molar-refractivity contribution in [1.29, 1.82) is 0 Å². The van der Waals surface area contributed by atoms with Crippen LogP contribution >= 0.6 is 0 Å². The van der Waals surface area contributed by atoms with Crippen molar-refractivity contribution in [2.75, 3.05) is 13.1 Å². The molecule has 1 unspecified atom stereocenters. The van der Waals surface area contributed by atoms with E-state index in [0.29, 0.717) is 31.6 Å². The molecule has 0 saturated carbocycles. The summed E-state index contributed by atoms with van der Waals surface area (Å²) in [6.07, 6.45) is 1.32. The number of amides is 1. The molecule has 0 aliphatic carbocycles.